The van der Waals surface area contributed by atoms with Gasteiger partial charge in [0.05, 0.1) is 28.1 Å². The van der Waals surface area contributed by atoms with Crippen molar-refractivity contribution in [1.29, 1.82) is 0 Å². The molecule has 0 spiro atoms. The Hall–Kier alpha value is -1.95. The van der Waals surface area contributed by atoms with Crippen molar-refractivity contribution in [2.75, 3.05) is 13.2 Å². The van der Waals surface area contributed by atoms with Crippen LogP contribution in [0.5, 0.6) is 0 Å². The highest BCUT2D eigenvalue weighted by atomic mass is 35.5. The Kier molecular flexibility index (Phi) is 3.79. The lowest BCUT2D eigenvalue weighted by Crippen LogP contribution is -2.37. The number of amides is 1. The van der Waals surface area contributed by atoms with Gasteiger partial charge in [0.15, 0.2) is 0 Å². The van der Waals surface area contributed by atoms with E-state index in [9.17, 15) is 4.79 Å². The summed E-state index contributed by atoms with van der Waals surface area (Å²) in [5.41, 5.74) is 4.62. The van der Waals surface area contributed by atoms with Crippen LogP contribution in [0.4, 0.5) is 0 Å². The van der Waals surface area contributed by atoms with Crippen molar-refractivity contribution in [3.05, 3.63) is 46.0 Å². The molecular formula is C17H14Cl2N2O3. The van der Waals surface area contributed by atoms with Gasteiger partial charge in [-0.3, -0.25) is 4.79 Å². The number of H-pyrrole nitrogens is 1. The molecule has 5 nitrogen and oxygen atoms in total. The SMILES string of the molecule is O=C(CO)N1CCc2[nH]c3c(Cl)c(Cl)cc(-c4ccoc4)c3c2C1. The van der Waals surface area contributed by atoms with E-state index in [2.05, 4.69) is 4.98 Å². The normalized spacial score (nSPS) is 14.2. The number of furan rings is 1. The second kappa shape index (κ2) is 5.84. The Balaban J connectivity index is 1.96. The maximum absolute atomic E-state index is 11.9. The van der Waals surface area contributed by atoms with Crippen LogP contribution >= 0.6 is 23.2 Å². The molecule has 2 aromatic heterocycles. The molecule has 1 aliphatic rings. The molecule has 0 fully saturated rings. The molecule has 4 rings (SSSR count). The first-order chi connectivity index (χ1) is 11.6. The van der Waals surface area contributed by atoms with Crippen LogP contribution in [-0.2, 0) is 17.8 Å². The second-order valence-corrected chi connectivity index (χ2v) is 6.57. The van der Waals surface area contributed by atoms with Crippen molar-refractivity contribution in [3.63, 3.8) is 0 Å². The molecule has 0 radical (unpaired) electrons. The lowest BCUT2D eigenvalue weighted by atomic mass is 9.97. The van der Waals surface area contributed by atoms with Crippen LogP contribution in [0, 0.1) is 0 Å². The van der Waals surface area contributed by atoms with Gasteiger partial charge in [-0.25, -0.2) is 0 Å². The zero-order chi connectivity index (χ0) is 16.8. The average molecular weight is 365 g/mol. The summed E-state index contributed by atoms with van der Waals surface area (Å²) >= 11 is 12.7. The number of carbonyl (C=O) groups excluding carboxylic acids is 1. The summed E-state index contributed by atoms with van der Waals surface area (Å²) in [5.74, 6) is -0.278. The quantitative estimate of drug-likeness (QED) is 0.729. The predicted octanol–water partition coefficient (Wildman–Crippen LogP) is 3.61. The summed E-state index contributed by atoms with van der Waals surface area (Å²) in [7, 11) is 0. The molecule has 7 heteroatoms. The topological polar surface area (TPSA) is 69.5 Å². The van der Waals surface area contributed by atoms with Gasteiger partial charge >= 0.3 is 0 Å². The molecule has 1 aromatic carbocycles. The minimum Gasteiger partial charge on any atom is -0.472 e. The van der Waals surface area contributed by atoms with Gasteiger partial charge in [-0.05, 0) is 17.7 Å². The number of aromatic amines is 1. The molecule has 0 atom stereocenters. The smallest absolute Gasteiger partial charge is 0.248 e. The molecule has 3 aromatic rings. The van der Waals surface area contributed by atoms with Crippen molar-refractivity contribution in [1.82, 2.24) is 9.88 Å². The molecule has 2 N–H and O–H groups in total. The molecule has 1 amide bonds. The number of halogens is 2. The van der Waals surface area contributed by atoms with E-state index in [4.69, 9.17) is 32.7 Å². The lowest BCUT2D eigenvalue weighted by molar-refractivity contribution is -0.135. The van der Waals surface area contributed by atoms with Gasteiger partial charge in [-0.15, -0.1) is 0 Å². The Morgan fingerprint density at radius 2 is 2.25 bits per heavy atom. The van der Waals surface area contributed by atoms with Gasteiger partial charge in [-0.2, -0.15) is 0 Å². The minimum atomic E-state index is -0.487. The number of aliphatic hydroxyl groups is 1. The Morgan fingerprint density at radius 3 is 2.96 bits per heavy atom. The summed E-state index contributed by atoms with van der Waals surface area (Å²) in [5, 5.41) is 11.0. The third kappa shape index (κ3) is 2.32. The number of aliphatic hydroxyl groups excluding tert-OH is 1. The van der Waals surface area contributed by atoms with Crippen LogP contribution in [0.3, 0.4) is 0 Å². The van der Waals surface area contributed by atoms with E-state index in [0.29, 0.717) is 29.6 Å². The zero-order valence-electron chi connectivity index (χ0n) is 12.6. The fraction of sp³-hybridized carbons (Fsp3) is 0.235. The number of carbonyl (C=O) groups is 1. The van der Waals surface area contributed by atoms with Crippen LogP contribution in [-0.4, -0.2) is 34.0 Å². The maximum Gasteiger partial charge on any atom is 0.248 e. The van der Waals surface area contributed by atoms with Crippen LogP contribution < -0.4 is 0 Å². The van der Waals surface area contributed by atoms with Gasteiger partial charge in [0.2, 0.25) is 5.91 Å². The average Bonchev–Trinajstić information content (AvgIpc) is 3.24. The van der Waals surface area contributed by atoms with E-state index < -0.39 is 6.61 Å². The number of hydrogen-bond donors (Lipinski definition) is 2. The van der Waals surface area contributed by atoms with Crippen molar-refractivity contribution < 1.29 is 14.3 Å². The van der Waals surface area contributed by atoms with Crippen LogP contribution in [0.2, 0.25) is 10.0 Å². The summed E-state index contributed by atoms with van der Waals surface area (Å²) in [6.07, 6.45) is 3.93. The van der Waals surface area contributed by atoms with Crippen LogP contribution in [0.15, 0.2) is 29.1 Å². The third-order valence-corrected chi connectivity index (χ3v) is 5.25. The fourth-order valence-corrected chi connectivity index (χ4v) is 3.70. The largest absolute Gasteiger partial charge is 0.472 e. The minimum absolute atomic E-state index is 0.278. The van der Waals surface area contributed by atoms with Crippen LogP contribution in [0.1, 0.15) is 11.3 Å². The maximum atomic E-state index is 11.9. The predicted molar refractivity (Wildman–Crippen MR) is 92.2 cm³/mol. The van der Waals surface area contributed by atoms with Gasteiger partial charge < -0.3 is 19.4 Å². The molecular weight excluding hydrogens is 351 g/mol. The molecule has 0 saturated carbocycles. The van der Waals surface area contributed by atoms with Gasteiger partial charge in [0.25, 0.3) is 0 Å². The molecule has 3 heterocycles. The fourth-order valence-electron chi connectivity index (χ4n) is 3.30. The highest BCUT2D eigenvalue weighted by Crippen LogP contribution is 2.42. The summed E-state index contributed by atoms with van der Waals surface area (Å²) in [4.78, 5) is 16.9. The first-order valence-electron chi connectivity index (χ1n) is 7.52. The number of fused-ring (bicyclic) bond motifs is 3. The van der Waals surface area contributed by atoms with E-state index in [1.165, 1.54) is 0 Å². The first-order valence-corrected chi connectivity index (χ1v) is 8.28. The summed E-state index contributed by atoms with van der Waals surface area (Å²) in [6, 6.07) is 3.68. The molecule has 0 aliphatic carbocycles. The van der Waals surface area contributed by atoms with Crippen molar-refractivity contribution in [2.45, 2.75) is 13.0 Å². The van der Waals surface area contributed by atoms with Gasteiger partial charge in [-0.1, -0.05) is 23.2 Å². The molecule has 1 aliphatic heterocycles. The number of benzene rings is 1. The first kappa shape index (κ1) is 15.6. The zero-order valence-corrected chi connectivity index (χ0v) is 14.1. The van der Waals surface area contributed by atoms with Crippen molar-refractivity contribution in [2.24, 2.45) is 0 Å². The Labute approximate surface area is 147 Å². The second-order valence-electron chi connectivity index (χ2n) is 5.79. The molecule has 124 valence electrons. The number of nitrogens with one attached hydrogen (secondary N) is 1. The van der Waals surface area contributed by atoms with Crippen LogP contribution in [0.25, 0.3) is 22.0 Å². The van der Waals surface area contributed by atoms with E-state index in [1.807, 2.05) is 12.1 Å². The highest BCUT2D eigenvalue weighted by Gasteiger charge is 2.27. The summed E-state index contributed by atoms with van der Waals surface area (Å²) in [6.45, 7) is 0.502. The molecule has 0 saturated heterocycles. The van der Waals surface area contributed by atoms with Crippen molar-refractivity contribution >= 4 is 40.0 Å². The van der Waals surface area contributed by atoms with E-state index in [1.54, 1.807) is 17.4 Å². The summed E-state index contributed by atoms with van der Waals surface area (Å²) < 4.78 is 5.20. The number of hydrogen-bond acceptors (Lipinski definition) is 3. The number of nitrogens with zero attached hydrogens (tertiary/aromatic N) is 1. The van der Waals surface area contributed by atoms with E-state index in [0.717, 1.165) is 33.3 Å². The Morgan fingerprint density at radius 1 is 1.42 bits per heavy atom. The molecule has 0 unspecified atom stereocenters. The Bertz CT molecular complexity index is 931. The van der Waals surface area contributed by atoms with E-state index in [-0.39, 0.29) is 5.91 Å². The third-order valence-electron chi connectivity index (χ3n) is 4.46. The monoisotopic (exact) mass is 364 g/mol. The lowest BCUT2D eigenvalue weighted by Gasteiger charge is -2.26. The van der Waals surface area contributed by atoms with Gasteiger partial charge in [0, 0.05) is 41.7 Å². The molecule has 0 bridgehead atoms. The number of rotatable bonds is 2. The van der Waals surface area contributed by atoms with Gasteiger partial charge in [0.1, 0.15) is 6.61 Å². The number of aromatic nitrogens is 1. The molecule has 24 heavy (non-hydrogen) atoms. The van der Waals surface area contributed by atoms with Crippen molar-refractivity contribution in [3.8, 4) is 11.1 Å². The highest BCUT2D eigenvalue weighted by molar-refractivity contribution is 6.45. The van der Waals surface area contributed by atoms with E-state index >= 15 is 0 Å². The standard InChI is InChI=1S/C17H14Cl2N2O3/c18-12-5-10(9-2-4-24-8-9)15-11-6-21(14(23)7-22)3-1-13(11)20-17(15)16(12)19/h2,4-5,8,20,22H,1,3,6-7H2.